The Labute approximate surface area is 99.8 Å². The number of benzene rings is 1. The smallest absolute Gasteiger partial charge is 0.338 e. The van der Waals surface area contributed by atoms with Gasteiger partial charge >= 0.3 is 5.97 Å². The van der Waals surface area contributed by atoms with Crippen LogP contribution in [0.5, 0.6) is 11.5 Å². The highest BCUT2D eigenvalue weighted by Crippen LogP contribution is 2.32. The molecule has 0 saturated heterocycles. The molecule has 1 aromatic carbocycles. The Balaban J connectivity index is 1.97. The minimum Gasteiger partial charge on any atom is -0.458 e. The Bertz CT molecular complexity index is 437. The van der Waals surface area contributed by atoms with Crippen molar-refractivity contribution in [3.05, 3.63) is 35.9 Å². The van der Waals surface area contributed by atoms with Gasteiger partial charge in [0.05, 0.1) is 5.56 Å². The Morgan fingerprint density at radius 3 is 3.00 bits per heavy atom. The minimum atomic E-state index is -0.357. The molecule has 0 spiro atoms. The first-order valence-corrected chi connectivity index (χ1v) is 5.53. The van der Waals surface area contributed by atoms with Crippen LogP contribution in [-0.4, -0.2) is 19.4 Å². The van der Waals surface area contributed by atoms with Crippen molar-refractivity contribution >= 4 is 5.97 Å². The predicted octanol–water partition coefficient (Wildman–Crippen LogP) is 2.54. The van der Waals surface area contributed by atoms with Crippen molar-refractivity contribution in [2.24, 2.45) is 0 Å². The van der Waals surface area contributed by atoms with E-state index in [4.69, 9.17) is 14.2 Å². The number of allylic oxidation sites excluding steroid dienone is 1. The molecule has 1 aliphatic heterocycles. The summed E-state index contributed by atoms with van der Waals surface area (Å²) in [6, 6.07) is 5.01. The van der Waals surface area contributed by atoms with E-state index < -0.39 is 0 Å². The van der Waals surface area contributed by atoms with Crippen LogP contribution in [0.2, 0.25) is 0 Å². The van der Waals surface area contributed by atoms with E-state index in [1.807, 2.05) is 19.1 Å². The summed E-state index contributed by atoms with van der Waals surface area (Å²) >= 11 is 0. The Kier molecular flexibility index (Phi) is 3.65. The van der Waals surface area contributed by atoms with Gasteiger partial charge in [-0.25, -0.2) is 4.79 Å². The fourth-order valence-electron chi connectivity index (χ4n) is 1.47. The number of esters is 1. The quantitative estimate of drug-likeness (QED) is 0.593. The van der Waals surface area contributed by atoms with Crippen LogP contribution in [0.25, 0.3) is 0 Å². The molecule has 2 rings (SSSR count). The zero-order valence-corrected chi connectivity index (χ0v) is 9.64. The van der Waals surface area contributed by atoms with E-state index in [1.54, 1.807) is 18.2 Å². The molecule has 90 valence electrons. The van der Waals surface area contributed by atoms with Gasteiger partial charge in [-0.1, -0.05) is 19.1 Å². The maximum Gasteiger partial charge on any atom is 0.338 e. The lowest BCUT2D eigenvalue weighted by Crippen LogP contribution is -2.04. The maximum absolute atomic E-state index is 11.7. The highest BCUT2D eigenvalue weighted by molar-refractivity contribution is 5.90. The van der Waals surface area contributed by atoms with Gasteiger partial charge in [0.2, 0.25) is 6.79 Å². The van der Waals surface area contributed by atoms with E-state index >= 15 is 0 Å². The predicted molar refractivity (Wildman–Crippen MR) is 62.3 cm³/mol. The molecule has 0 unspecified atom stereocenters. The summed E-state index contributed by atoms with van der Waals surface area (Å²) in [5.74, 6) is 0.889. The molecule has 0 amide bonds. The zero-order chi connectivity index (χ0) is 12.1. The second kappa shape index (κ2) is 5.39. The SMILES string of the molecule is CC/C=C/COC(=O)c1ccc2c(c1)OCO2. The van der Waals surface area contributed by atoms with Crippen LogP contribution in [-0.2, 0) is 4.74 Å². The van der Waals surface area contributed by atoms with E-state index in [1.165, 1.54) is 0 Å². The van der Waals surface area contributed by atoms with Crippen molar-refractivity contribution < 1.29 is 19.0 Å². The Morgan fingerprint density at radius 2 is 2.18 bits per heavy atom. The third kappa shape index (κ3) is 2.78. The third-order valence-electron chi connectivity index (χ3n) is 2.32. The number of ether oxygens (including phenoxy) is 3. The second-order valence-corrected chi connectivity index (χ2v) is 3.55. The van der Waals surface area contributed by atoms with E-state index in [2.05, 4.69) is 0 Å². The number of fused-ring (bicyclic) bond motifs is 1. The summed E-state index contributed by atoms with van der Waals surface area (Å²) < 4.78 is 15.4. The summed E-state index contributed by atoms with van der Waals surface area (Å²) in [6.45, 7) is 2.52. The Hall–Kier alpha value is -1.97. The highest BCUT2D eigenvalue weighted by Gasteiger charge is 2.16. The first-order chi connectivity index (χ1) is 8.31. The van der Waals surface area contributed by atoms with Gasteiger partial charge < -0.3 is 14.2 Å². The van der Waals surface area contributed by atoms with Crippen LogP contribution in [0, 0.1) is 0 Å². The number of carbonyl (C=O) groups is 1. The van der Waals surface area contributed by atoms with Gasteiger partial charge in [0.1, 0.15) is 6.61 Å². The van der Waals surface area contributed by atoms with Crippen LogP contribution >= 0.6 is 0 Å². The minimum absolute atomic E-state index is 0.201. The molecule has 4 nitrogen and oxygen atoms in total. The number of hydrogen-bond acceptors (Lipinski definition) is 4. The fourth-order valence-corrected chi connectivity index (χ4v) is 1.47. The van der Waals surface area contributed by atoms with Crippen molar-refractivity contribution in [3.63, 3.8) is 0 Å². The first-order valence-electron chi connectivity index (χ1n) is 5.53. The van der Waals surface area contributed by atoms with Crippen molar-refractivity contribution in [3.8, 4) is 11.5 Å². The molecule has 1 aromatic rings. The number of carbonyl (C=O) groups excluding carboxylic acids is 1. The van der Waals surface area contributed by atoms with Gasteiger partial charge in [-0.2, -0.15) is 0 Å². The average Bonchev–Trinajstić information content (AvgIpc) is 2.81. The van der Waals surface area contributed by atoms with E-state index in [9.17, 15) is 4.79 Å². The lowest BCUT2D eigenvalue weighted by Gasteiger charge is -2.02. The van der Waals surface area contributed by atoms with Gasteiger partial charge in [-0.3, -0.25) is 0 Å². The molecule has 1 aliphatic rings. The van der Waals surface area contributed by atoms with Crippen molar-refractivity contribution in [2.75, 3.05) is 13.4 Å². The molecule has 17 heavy (non-hydrogen) atoms. The van der Waals surface area contributed by atoms with Gasteiger partial charge in [0.25, 0.3) is 0 Å². The molecule has 0 N–H and O–H groups in total. The monoisotopic (exact) mass is 234 g/mol. The Morgan fingerprint density at radius 1 is 1.35 bits per heavy atom. The van der Waals surface area contributed by atoms with Crippen molar-refractivity contribution in [1.29, 1.82) is 0 Å². The summed E-state index contributed by atoms with van der Waals surface area (Å²) in [5, 5.41) is 0. The molecule has 1 heterocycles. The van der Waals surface area contributed by atoms with Gasteiger partial charge in [-0.05, 0) is 24.6 Å². The van der Waals surface area contributed by atoms with E-state index in [0.29, 0.717) is 23.7 Å². The molecule has 0 atom stereocenters. The van der Waals surface area contributed by atoms with Crippen molar-refractivity contribution in [1.82, 2.24) is 0 Å². The van der Waals surface area contributed by atoms with E-state index in [0.717, 1.165) is 6.42 Å². The van der Waals surface area contributed by atoms with Gasteiger partial charge in [-0.15, -0.1) is 0 Å². The van der Waals surface area contributed by atoms with Crippen LogP contribution in [0.15, 0.2) is 30.4 Å². The van der Waals surface area contributed by atoms with Crippen molar-refractivity contribution in [2.45, 2.75) is 13.3 Å². The average molecular weight is 234 g/mol. The normalized spacial score (nSPS) is 13.0. The molecule has 0 aliphatic carbocycles. The number of rotatable bonds is 4. The lowest BCUT2D eigenvalue weighted by atomic mass is 10.2. The largest absolute Gasteiger partial charge is 0.458 e. The van der Waals surface area contributed by atoms with Gasteiger partial charge in [0.15, 0.2) is 11.5 Å². The van der Waals surface area contributed by atoms with Crippen LogP contribution < -0.4 is 9.47 Å². The summed E-state index contributed by atoms with van der Waals surface area (Å²) in [6.07, 6.45) is 4.71. The van der Waals surface area contributed by atoms with E-state index in [-0.39, 0.29) is 12.8 Å². The molecule has 0 aromatic heterocycles. The summed E-state index contributed by atoms with van der Waals surface area (Å²) in [4.78, 5) is 11.7. The molecule has 0 saturated carbocycles. The molecule has 0 bridgehead atoms. The standard InChI is InChI=1S/C13H14O4/c1-2-3-4-7-15-13(14)10-5-6-11-12(8-10)17-9-16-11/h3-6,8H,2,7,9H2,1H3/b4-3+. The lowest BCUT2D eigenvalue weighted by molar-refractivity contribution is 0.0549. The van der Waals surface area contributed by atoms with Crippen LogP contribution in [0.4, 0.5) is 0 Å². The van der Waals surface area contributed by atoms with Gasteiger partial charge in [0, 0.05) is 0 Å². The molecule has 4 heteroatoms. The maximum atomic E-state index is 11.7. The fraction of sp³-hybridized carbons (Fsp3) is 0.308. The molecular formula is C13H14O4. The first kappa shape index (κ1) is 11.5. The van der Waals surface area contributed by atoms with Crippen LogP contribution in [0.3, 0.4) is 0 Å². The zero-order valence-electron chi connectivity index (χ0n) is 9.64. The highest BCUT2D eigenvalue weighted by atomic mass is 16.7. The molecular weight excluding hydrogens is 220 g/mol. The van der Waals surface area contributed by atoms with Crippen LogP contribution in [0.1, 0.15) is 23.7 Å². The number of hydrogen-bond donors (Lipinski definition) is 0. The summed E-state index contributed by atoms with van der Waals surface area (Å²) in [5.41, 5.74) is 0.471. The molecule has 0 fully saturated rings. The second-order valence-electron chi connectivity index (χ2n) is 3.55. The molecule has 0 radical (unpaired) electrons. The third-order valence-corrected chi connectivity index (χ3v) is 2.32. The summed E-state index contributed by atoms with van der Waals surface area (Å²) in [7, 11) is 0. The topological polar surface area (TPSA) is 44.8 Å².